The van der Waals surface area contributed by atoms with Crippen LogP contribution in [0.5, 0.6) is 0 Å². The Bertz CT molecular complexity index is 1180. The molecule has 1 aliphatic heterocycles. The van der Waals surface area contributed by atoms with Gasteiger partial charge in [0.05, 0.1) is 10.6 Å². The van der Waals surface area contributed by atoms with E-state index in [0.717, 1.165) is 47.6 Å². The van der Waals surface area contributed by atoms with Crippen molar-refractivity contribution in [3.63, 3.8) is 0 Å². The Kier molecular flexibility index (Phi) is 6.52. The fraction of sp³-hybridized carbons (Fsp3) is 0.409. The van der Waals surface area contributed by atoms with Crippen molar-refractivity contribution in [1.82, 2.24) is 9.88 Å². The third kappa shape index (κ3) is 4.86. The Hall–Kier alpha value is -3.15. The second-order valence-electron chi connectivity index (χ2n) is 8.34. The first-order valence-corrected chi connectivity index (χ1v) is 12.3. The zero-order valence-corrected chi connectivity index (χ0v) is 18.9. The summed E-state index contributed by atoms with van der Waals surface area (Å²) < 4.78 is 61.3. The number of nitrogens with zero attached hydrogens (tertiary/aromatic N) is 3. The van der Waals surface area contributed by atoms with Gasteiger partial charge in [-0.25, -0.2) is 23.1 Å². The number of anilines is 2. The number of imide groups is 1. The van der Waals surface area contributed by atoms with Crippen molar-refractivity contribution in [2.24, 2.45) is 0 Å². The lowest BCUT2D eigenvalue weighted by molar-refractivity contribution is -0.116. The zero-order chi connectivity index (χ0) is 24.5. The van der Waals surface area contributed by atoms with Crippen molar-refractivity contribution in [1.29, 1.82) is 0 Å². The summed E-state index contributed by atoms with van der Waals surface area (Å²) in [5.74, 6) is 0.131. The van der Waals surface area contributed by atoms with Crippen LogP contribution in [0.2, 0.25) is 0 Å². The minimum absolute atomic E-state index is 0.00647. The van der Waals surface area contributed by atoms with Crippen LogP contribution in [0, 0.1) is 0 Å². The predicted molar refractivity (Wildman–Crippen MR) is 118 cm³/mol. The maximum atomic E-state index is 12.9. The SMILES string of the molecule is O=C1CN(Cc2ccnc(NC3CCCCC3)c2)C(=O)N1c1ccc(S(=O)(=O)C(F)(F)F)cc1. The summed E-state index contributed by atoms with van der Waals surface area (Å²) in [6, 6.07) is 6.75. The largest absolute Gasteiger partial charge is 0.501 e. The molecule has 0 atom stereocenters. The fourth-order valence-electron chi connectivity index (χ4n) is 4.16. The topological polar surface area (TPSA) is 99.7 Å². The molecule has 1 saturated carbocycles. The average molecular weight is 497 g/mol. The maximum Gasteiger partial charge on any atom is 0.501 e. The average Bonchev–Trinajstić information content (AvgIpc) is 3.06. The van der Waals surface area contributed by atoms with Crippen molar-refractivity contribution in [3.05, 3.63) is 48.2 Å². The van der Waals surface area contributed by atoms with Crippen LogP contribution in [0.1, 0.15) is 37.7 Å². The predicted octanol–water partition coefficient (Wildman–Crippen LogP) is 4.09. The third-order valence-electron chi connectivity index (χ3n) is 5.90. The number of rotatable bonds is 6. The number of carbonyl (C=O) groups excluding carboxylic acids is 2. The van der Waals surface area contributed by atoms with Gasteiger partial charge in [0.1, 0.15) is 12.4 Å². The number of alkyl halides is 3. The molecule has 2 aliphatic rings. The van der Waals surface area contributed by atoms with Gasteiger partial charge < -0.3 is 10.2 Å². The highest BCUT2D eigenvalue weighted by Gasteiger charge is 2.47. The Labute approximate surface area is 194 Å². The molecule has 0 bridgehead atoms. The summed E-state index contributed by atoms with van der Waals surface area (Å²) in [5.41, 5.74) is -4.68. The normalized spacial score (nSPS) is 18.0. The number of sulfone groups is 1. The molecule has 34 heavy (non-hydrogen) atoms. The minimum Gasteiger partial charge on any atom is -0.367 e. The molecule has 2 aromatic rings. The van der Waals surface area contributed by atoms with Crippen LogP contribution in [0.15, 0.2) is 47.5 Å². The molecule has 4 rings (SSSR count). The quantitative estimate of drug-likeness (QED) is 0.605. The molecule has 12 heteroatoms. The molecule has 1 saturated heterocycles. The number of pyridine rings is 1. The summed E-state index contributed by atoms with van der Waals surface area (Å²) in [5, 5.41) is 3.41. The Morgan fingerprint density at radius 3 is 2.35 bits per heavy atom. The highest BCUT2D eigenvalue weighted by Crippen LogP contribution is 2.32. The van der Waals surface area contributed by atoms with Crippen molar-refractivity contribution >= 4 is 33.3 Å². The van der Waals surface area contributed by atoms with Crippen LogP contribution in [0.4, 0.5) is 29.5 Å². The van der Waals surface area contributed by atoms with Crippen LogP contribution < -0.4 is 10.2 Å². The van der Waals surface area contributed by atoms with Gasteiger partial charge in [-0.05, 0) is 54.8 Å². The number of aromatic nitrogens is 1. The number of hydrogen-bond acceptors (Lipinski definition) is 6. The number of amides is 3. The van der Waals surface area contributed by atoms with Crippen LogP contribution >= 0.6 is 0 Å². The van der Waals surface area contributed by atoms with E-state index in [1.807, 2.05) is 6.07 Å². The summed E-state index contributed by atoms with van der Waals surface area (Å²) in [6.45, 7) is -0.0708. The van der Waals surface area contributed by atoms with Gasteiger partial charge in [0.2, 0.25) is 0 Å². The fourth-order valence-corrected chi connectivity index (χ4v) is 4.93. The highest BCUT2D eigenvalue weighted by atomic mass is 32.2. The summed E-state index contributed by atoms with van der Waals surface area (Å²) in [6.07, 6.45) is 7.34. The molecule has 1 aromatic heterocycles. The lowest BCUT2D eigenvalue weighted by atomic mass is 9.95. The number of halogens is 3. The molecule has 2 fully saturated rings. The van der Waals surface area contributed by atoms with E-state index in [-0.39, 0.29) is 18.8 Å². The van der Waals surface area contributed by atoms with Crippen LogP contribution in [0.25, 0.3) is 0 Å². The van der Waals surface area contributed by atoms with Crippen molar-refractivity contribution in [3.8, 4) is 0 Å². The van der Waals surface area contributed by atoms with Gasteiger partial charge in [0.25, 0.3) is 15.7 Å². The molecule has 0 unspecified atom stereocenters. The van der Waals surface area contributed by atoms with Crippen molar-refractivity contribution in [2.75, 3.05) is 16.8 Å². The maximum absolute atomic E-state index is 12.9. The standard InChI is InChI=1S/C22H23F3N4O4S/c23-22(24,25)34(32,33)18-8-6-17(7-9-18)29-20(30)14-28(21(29)31)13-15-10-11-26-19(12-15)27-16-4-2-1-3-5-16/h6-12,16H,1-5,13-14H2,(H,26,27). The molecule has 182 valence electrons. The van der Waals surface area contributed by atoms with E-state index < -0.39 is 32.2 Å². The van der Waals surface area contributed by atoms with E-state index in [9.17, 15) is 31.2 Å². The zero-order valence-electron chi connectivity index (χ0n) is 18.1. The van der Waals surface area contributed by atoms with Gasteiger partial charge in [-0.15, -0.1) is 0 Å². The monoisotopic (exact) mass is 496 g/mol. The third-order valence-corrected chi connectivity index (χ3v) is 7.40. The highest BCUT2D eigenvalue weighted by molar-refractivity contribution is 7.92. The van der Waals surface area contributed by atoms with E-state index >= 15 is 0 Å². The lowest BCUT2D eigenvalue weighted by Crippen LogP contribution is -2.33. The molecule has 0 spiro atoms. The summed E-state index contributed by atoms with van der Waals surface area (Å²) in [4.78, 5) is 30.9. The molecule has 0 radical (unpaired) electrons. The van der Waals surface area contributed by atoms with Gasteiger partial charge >= 0.3 is 11.5 Å². The smallest absolute Gasteiger partial charge is 0.367 e. The Morgan fingerprint density at radius 2 is 1.71 bits per heavy atom. The summed E-state index contributed by atoms with van der Waals surface area (Å²) >= 11 is 0. The van der Waals surface area contributed by atoms with Crippen LogP contribution in [0.3, 0.4) is 0 Å². The number of urea groups is 1. The molecule has 2 heterocycles. The van der Waals surface area contributed by atoms with Gasteiger partial charge in [-0.2, -0.15) is 13.2 Å². The summed E-state index contributed by atoms with van der Waals surface area (Å²) in [7, 11) is -5.52. The van der Waals surface area contributed by atoms with Crippen molar-refractivity contribution in [2.45, 2.75) is 55.1 Å². The molecule has 1 aromatic carbocycles. The molecule has 1 N–H and O–H groups in total. The molecule has 8 nitrogen and oxygen atoms in total. The number of carbonyl (C=O) groups is 2. The minimum atomic E-state index is -5.52. The van der Waals surface area contributed by atoms with Gasteiger partial charge in [0, 0.05) is 18.8 Å². The van der Waals surface area contributed by atoms with E-state index in [1.165, 1.54) is 24.2 Å². The van der Waals surface area contributed by atoms with E-state index in [4.69, 9.17) is 0 Å². The van der Waals surface area contributed by atoms with Crippen LogP contribution in [-0.2, 0) is 21.2 Å². The Morgan fingerprint density at radius 1 is 1.03 bits per heavy atom. The van der Waals surface area contributed by atoms with E-state index in [1.54, 1.807) is 12.3 Å². The van der Waals surface area contributed by atoms with Crippen molar-refractivity contribution < 1.29 is 31.2 Å². The van der Waals surface area contributed by atoms with E-state index in [2.05, 4.69) is 10.3 Å². The van der Waals surface area contributed by atoms with E-state index in [0.29, 0.717) is 11.9 Å². The molecular formula is C22H23F3N4O4S. The van der Waals surface area contributed by atoms with Crippen LogP contribution in [-0.4, -0.2) is 48.3 Å². The first-order valence-electron chi connectivity index (χ1n) is 10.8. The second kappa shape index (κ2) is 9.24. The second-order valence-corrected chi connectivity index (χ2v) is 10.3. The lowest BCUT2D eigenvalue weighted by Gasteiger charge is -2.23. The van der Waals surface area contributed by atoms with Gasteiger partial charge in [-0.3, -0.25) is 4.79 Å². The number of hydrogen-bond donors (Lipinski definition) is 1. The Balaban J connectivity index is 1.46. The molecule has 3 amide bonds. The first-order chi connectivity index (χ1) is 16.1. The number of nitrogens with one attached hydrogen (secondary N) is 1. The van der Waals surface area contributed by atoms with Gasteiger partial charge in [0.15, 0.2) is 0 Å². The molecule has 1 aliphatic carbocycles. The van der Waals surface area contributed by atoms with Gasteiger partial charge in [-0.1, -0.05) is 19.3 Å². The molecular weight excluding hydrogens is 473 g/mol. The first kappa shape index (κ1) is 24.0. The number of benzene rings is 1.